The number of morpholine rings is 1. The lowest BCUT2D eigenvalue weighted by Crippen LogP contribution is -2.40. The summed E-state index contributed by atoms with van der Waals surface area (Å²) < 4.78 is 43.2. The molecule has 2 heterocycles. The van der Waals surface area contributed by atoms with Gasteiger partial charge in [-0.2, -0.15) is 9.29 Å². The van der Waals surface area contributed by atoms with Crippen LogP contribution in [0.5, 0.6) is 5.75 Å². The highest BCUT2D eigenvalue weighted by Crippen LogP contribution is 2.26. The van der Waals surface area contributed by atoms with Crippen LogP contribution < -0.4 is 10.1 Å². The maximum Gasteiger partial charge on any atom is 0.246 e. The topological polar surface area (TPSA) is 124 Å². The molecule has 1 amide bonds. The van der Waals surface area contributed by atoms with E-state index in [9.17, 15) is 13.2 Å². The number of hydrogen-bond donors (Lipinski definition) is 1. The lowest BCUT2D eigenvalue weighted by atomic mass is 10.1. The van der Waals surface area contributed by atoms with Gasteiger partial charge in [0.05, 0.1) is 31.8 Å². The Labute approximate surface area is 208 Å². The number of aromatic nitrogens is 2. The summed E-state index contributed by atoms with van der Waals surface area (Å²) in [5.41, 5.74) is 1.33. The number of sulfonamides is 1. The first-order valence-electron chi connectivity index (χ1n) is 11.0. The molecular weight excluding hydrogens is 496 g/mol. The molecule has 12 heteroatoms. The maximum absolute atomic E-state index is 13.0. The molecular formula is C23H25ClN4O6S. The molecule has 10 nitrogen and oxygen atoms in total. The molecule has 0 radical (unpaired) electrons. The van der Waals surface area contributed by atoms with Crippen molar-refractivity contribution in [3.63, 3.8) is 0 Å². The number of rotatable bonds is 9. The molecule has 1 aliphatic heterocycles. The molecule has 1 N–H and O–H groups in total. The molecule has 1 aliphatic rings. The van der Waals surface area contributed by atoms with E-state index in [2.05, 4.69) is 15.5 Å². The average Bonchev–Trinajstić information content (AvgIpc) is 3.36. The van der Waals surface area contributed by atoms with E-state index in [1.165, 1.54) is 17.5 Å². The van der Waals surface area contributed by atoms with Crippen LogP contribution in [0.2, 0.25) is 5.02 Å². The van der Waals surface area contributed by atoms with Crippen molar-refractivity contribution in [2.45, 2.75) is 24.3 Å². The number of nitrogens with one attached hydrogen (secondary N) is 1. The Hall–Kier alpha value is -2.99. The molecule has 1 aromatic heterocycles. The fraction of sp³-hybridized carbons (Fsp3) is 0.348. The molecule has 0 spiro atoms. The minimum Gasteiger partial charge on any atom is -0.496 e. The van der Waals surface area contributed by atoms with E-state index in [1.807, 2.05) is 0 Å². The van der Waals surface area contributed by atoms with Crippen molar-refractivity contribution in [1.82, 2.24) is 19.8 Å². The second-order valence-electron chi connectivity index (χ2n) is 7.79. The molecule has 2 aromatic carbocycles. The Balaban J connectivity index is 1.36. The lowest BCUT2D eigenvalue weighted by Gasteiger charge is -2.26. The van der Waals surface area contributed by atoms with Gasteiger partial charge in [0, 0.05) is 30.1 Å². The Morgan fingerprint density at radius 2 is 2.00 bits per heavy atom. The number of benzene rings is 2. The highest BCUT2D eigenvalue weighted by molar-refractivity contribution is 7.89. The minimum atomic E-state index is -3.66. The van der Waals surface area contributed by atoms with Gasteiger partial charge in [0.2, 0.25) is 27.6 Å². The van der Waals surface area contributed by atoms with E-state index in [4.69, 9.17) is 25.6 Å². The lowest BCUT2D eigenvalue weighted by molar-refractivity contribution is -0.121. The first-order valence-corrected chi connectivity index (χ1v) is 12.8. The second-order valence-corrected chi connectivity index (χ2v) is 10.2. The first-order chi connectivity index (χ1) is 16.9. The molecule has 1 fully saturated rings. The number of ether oxygens (including phenoxy) is 2. The molecule has 4 rings (SSSR count). The van der Waals surface area contributed by atoms with Gasteiger partial charge in [0.25, 0.3) is 0 Å². The molecule has 1 saturated heterocycles. The summed E-state index contributed by atoms with van der Waals surface area (Å²) in [6, 6.07) is 11.7. The number of amides is 1. The Morgan fingerprint density at radius 1 is 1.20 bits per heavy atom. The SMILES string of the molecule is COc1ccc(S(=O)(=O)N2CCOCC2)cc1CCC(=O)NCc1nc(-c2cccc(Cl)c2)no1. The molecule has 0 bridgehead atoms. The van der Waals surface area contributed by atoms with Crippen molar-refractivity contribution < 1.29 is 27.2 Å². The predicted octanol–water partition coefficient (Wildman–Crippen LogP) is 2.67. The number of hydrogen-bond acceptors (Lipinski definition) is 8. The van der Waals surface area contributed by atoms with Crippen LogP contribution in [0.3, 0.4) is 0 Å². The van der Waals surface area contributed by atoms with Crippen LogP contribution >= 0.6 is 11.6 Å². The molecule has 186 valence electrons. The second kappa shape index (κ2) is 11.2. The van der Waals surface area contributed by atoms with Gasteiger partial charge >= 0.3 is 0 Å². The summed E-state index contributed by atoms with van der Waals surface area (Å²) in [6.07, 6.45) is 0.409. The first kappa shape index (κ1) is 25.1. The zero-order valence-electron chi connectivity index (χ0n) is 19.1. The summed E-state index contributed by atoms with van der Waals surface area (Å²) in [5.74, 6) is 0.891. The number of aryl methyl sites for hydroxylation is 1. The van der Waals surface area contributed by atoms with Crippen molar-refractivity contribution in [2.24, 2.45) is 0 Å². The zero-order valence-corrected chi connectivity index (χ0v) is 20.6. The Morgan fingerprint density at radius 3 is 2.74 bits per heavy atom. The highest BCUT2D eigenvalue weighted by atomic mass is 35.5. The van der Waals surface area contributed by atoms with Crippen molar-refractivity contribution in [3.8, 4) is 17.1 Å². The van der Waals surface area contributed by atoms with Crippen LogP contribution in [-0.2, 0) is 32.5 Å². The molecule has 0 unspecified atom stereocenters. The van der Waals surface area contributed by atoms with Gasteiger partial charge in [-0.1, -0.05) is 28.9 Å². The summed E-state index contributed by atoms with van der Waals surface area (Å²) in [4.78, 5) is 16.9. The summed E-state index contributed by atoms with van der Waals surface area (Å²) in [5, 5.41) is 7.20. The fourth-order valence-corrected chi connectivity index (χ4v) is 5.28. The third-order valence-corrected chi connectivity index (χ3v) is 7.60. The maximum atomic E-state index is 13.0. The summed E-state index contributed by atoms with van der Waals surface area (Å²) >= 11 is 5.99. The quantitative estimate of drug-likeness (QED) is 0.456. The van der Waals surface area contributed by atoms with Crippen molar-refractivity contribution in [3.05, 3.63) is 58.9 Å². The van der Waals surface area contributed by atoms with Gasteiger partial charge in [-0.15, -0.1) is 0 Å². The van der Waals surface area contributed by atoms with E-state index in [0.717, 1.165) is 0 Å². The van der Waals surface area contributed by atoms with E-state index >= 15 is 0 Å². The molecule has 0 atom stereocenters. The molecule has 35 heavy (non-hydrogen) atoms. The van der Waals surface area contributed by atoms with Gasteiger partial charge in [0.1, 0.15) is 5.75 Å². The van der Waals surface area contributed by atoms with Gasteiger partial charge in [-0.3, -0.25) is 4.79 Å². The van der Waals surface area contributed by atoms with Crippen molar-refractivity contribution in [2.75, 3.05) is 33.4 Å². The zero-order chi connectivity index (χ0) is 24.8. The van der Waals surface area contributed by atoms with Gasteiger partial charge in [-0.05, 0) is 42.3 Å². The largest absolute Gasteiger partial charge is 0.496 e. The summed E-state index contributed by atoms with van der Waals surface area (Å²) in [6.45, 7) is 1.41. The number of nitrogens with zero attached hydrogens (tertiary/aromatic N) is 3. The van der Waals surface area contributed by atoms with E-state index in [0.29, 0.717) is 60.4 Å². The van der Waals surface area contributed by atoms with Crippen molar-refractivity contribution in [1.29, 1.82) is 0 Å². The minimum absolute atomic E-state index is 0.0645. The van der Waals surface area contributed by atoms with E-state index in [-0.39, 0.29) is 29.7 Å². The normalized spacial score (nSPS) is 14.6. The molecule has 3 aromatic rings. The van der Waals surface area contributed by atoms with Crippen LogP contribution in [0.4, 0.5) is 0 Å². The van der Waals surface area contributed by atoms with Crippen LogP contribution in [0, 0.1) is 0 Å². The van der Waals surface area contributed by atoms with Crippen LogP contribution in [0.15, 0.2) is 51.9 Å². The number of carbonyl (C=O) groups excluding carboxylic acids is 1. The fourth-order valence-electron chi connectivity index (χ4n) is 3.63. The smallest absolute Gasteiger partial charge is 0.246 e. The third kappa shape index (κ3) is 6.17. The Bertz CT molecular complexity index is 1290. The average molecular weight is 521 g/mol. The summed E-state index contributed by atoms with van der Waals surface area (Å²) in [7, 11) is -2.15. The van der Waals surface area contributed by atoms with Crippen LogP contribution in [0.1, 0.15) is 17.9 Å². The van der Waals surface area contributed by atoms with Crippen LogP contribution in [-0.4, -0.2) is 62.2 Å². The molecule has 0 saturated carbocycles. The molecule has 0 aliphatic carbocycles. The third-order valence-electron chi connectivity index (χ3n) is 5.47. The standard InChI is InChI=1S/C23H25ClN4O6S/c1-32-20-7-6-19(35(30,31)28-9-11-33-12-10-28)14-16(20)5-8-21(29)25-15-22-26-23(27-34-22)17-3-2-4-18(24)13-17/h2-4,6-7,13-14H,5,8-12,15H2,1H3,(H,25,29). The van der Waals surface area contributed by atoms with Gasteiger partial charge < -0.3 is 19.3 Å². The monoisotopic (exact) mass is 520 g/mol. The van der Waals surface area contributed by atoms with Gasteiger partial charge in [0.15, 0.2) is 0 Å². The number of halogens is 1. The number of carbonyl (C=O) groups is 1. The van der Waals surface area contributed by atoms with Crippen LogP contribution in [0.25, 0.3) is 11.4 Å². The van der Waals surface area contributed by atoms with Crippen molar-refractivity contribution >= 4 is 27.5 Å². The highest BCUT2D eigenvalue weighted by Gasteiger charge is 2.27. The Kier molecular flexibility index (Phi) is 8.01. The van der Waals surface area contributed by atoms with E-state index in [1.54, 1.807) is 36.4 Å². The van der Waals surface area contributed by atoms with Gasteiger partial charge in [-0.25, -0.2) is 8.42 Å². The van der Waals surface area contributed by atoms with E-state index < -0.39 is 10.0 Å². The predicted molar refractivity (Wildman–Crippen MR) is 127 cm³/mol. The number of methoxy groups -OCH3 is 1.